The molecular formula is C13H20BrNO4S. The van der Waals surface area contributed by atoms with E-state index in [-0.39, 0.29) is 23.5 Å². The van der Waals surface area contributed by atoms with Crippen LogP contribution in [-0.2, 0) is 10.0 Å². The van der Waals surface area contributed by atoms with Gasteiger partial charge in [0.2, 0.25) is 10.0 Å². The minimum Gasteiger partial charge on any atom is -0.496 e. The second-order valence-corrected chi connectivity index (χ2v) is 7.88. The van der Waals surface area contributed by atoms with Crippen LogP contribution in [0.3, 0.4) is 0 Å². The van der Waals surface area contributed by atoms with E-state index in [1.54, 1.807) is 6.07 Å². The summed E-state index contributed by atoms with van der Waals surface area (Å²) in [5, 5.41) is 8.95. The second kappa shape index (κ2) is 6.89. The van der Waals surface area contributed by atoms with Crippen LogP contribution < -0.4 is 9.46 Å². The summed E-state index contributed by atoms with van der Waals surface area (Å²) in [5.74, 6) is 0.574. The highest BCUT2D eigenvalue weighted by Gasteiger charge is 2.22. The fourth-order valence-electron chi connectivity index (χ4n) is 1.58. The lowest BCUT2D eigenvalue weighted by molar-refractivity contribution is 0.213. The molecule has 0 saturated carbocycles. The van der Waals surface area contributed by atoms with Crippen LogP contribution in [0.5, 0.6) is 5.75 Å². The van der Waals surface area contributed by atoms with Crippen LogP contribution in [0.2, 0.25) is 0 Å². The molecule has 1 aromatic rings. The van der Waals surface area contributed by atoms with Crippen LogP contribution in [0.15, 0.2) is 27.6 Å². The lowest BCUT2D eigenvalue weighted by atomic mass is 9.90. The fourth-order valence-corrected chi connectivity index (χ4v) is 3.54. The normalized spacial score (nSPS) is 12.4. The highest BCUT2D eigenvalue weighted by atomic mass is 79.9. The molecule has 1 aromatic carbocycles. The first-order valence-corrected chi connectivity index (χ1v) is 8.43. The largest absolute Gasteiger partial charge is 0.496 e. The Morgan fingerprint density at radius 2 is 2.05 bits per heavy atom. The highest BCUT2D eigenvalue weighted by molar-refractivity contribution is 9.10. The van der Waals surface area contributed by atoms with Crippen LogP contribution in [0.25, 0.3) is 0 Å². The van der Waals surface area contributed by atoms with Gasteiger partial charge < -0.3 is 9.84 Å². The Labute approximate surface area is 128 Å². The number of hydrogen-bond donors (Lipinski definition) is 2. The average Bonchev–Trinajstić information content (AvgIpc) is 2.36. The molecule has 2 N–H and O–H groups in total. The van der Waals surface area contributed by atoms with Gasteiger partial charge in [-0.15, -0.1) is 0 Å². The smallest absolute Gasteiger partial charge is 0.240 e. The molecule has 0 aliphatic carbocycles. The Kier molecular flexibility index (Phi) is 6.00. The van der Waals surface area contributed by atoms with Crippen molar-refractivity contribution in [3.8, 4) is 5.75 Å². The number of methoxy groups -OCH3 is 1. The molecule has 7 heteroatoms. The first kappa shape index (κ1) is 17.4. The van der Waals surface area contributed by atoms with Crippen molar-refractivity contribution < 1.29 is 18.3 Å². The zero-order valence-corrected chi connectivity index (χ0v) is 14.2. The molecule has 0 aliphatic heterocycles. The number of halogens is 1. The molecule has 0 unspecified atom stereocenters. The van der Waals surface area contributed by atoms with Gasteiger partial charge in [-0.3, -0.25) is 0 Å². The van der Waals surface area contributed by atoms with E-state index in [0.717, 1.165) is 0 Å². The fraction of sp³-hybridized carbons (Fsp3) is 0.538. The van der Waals surface area contributed by atoms with E-state index in [9.17, 15) is 8.42 Å². The Balaban J connectivity index is 2.87. The van der Waals surface area contributed by atoms with E-state index in [1.807, 2.05) is 13.8 Å². The minimum absolute atomic E-state index is 0.0306. The monoisotopic (exact) mass is 365 g/mol. The number of benzene rings is 1. The van der Waals surface area contributed by atoms with Crippen molar-refractivity contribution in [1.82, 2.24) is 4.72 Å². The van der Waals surface area contributed by atoms with E-state index in [1.165, 1.54) is 19.2 Å². The quantitative estimate of drug-likeness (QED) is 0.775. The molecule has 20 heavy (non-hydrogen) atoms. The summed E-state index contributed by atoms with van der Waals surface area (Å²) in [7, 11) is -2.06. The zero-order chi connectivity index (χ0) is 15.4. The minimum atomic E-state index is -3.58. The molecule has 0 fully saturated rings. The van der Waals surface area contributed by atoms with E-state index < -0.39 is 10.0 Å². The topological polar surface area (TPSA) is 75.6 Å². The van der Waals surface area contributed by atoms with Crippen molar-refractivity contribution in [1.29, 1.82) is 0 Å². The predicted octanol–water partition coefficient (Wildman–Crippen LogP) is 2.14. The van der Waals surface area contributed by atoms with Gasteiger partial charge in [0, 0.05) is 13.2 Å². The first-order chi connectivity index (χ1) is 9.22. The van der Waals surface area contributed by atoms with E-state index in [4.69, 9.17) is 9.84 Å². The van der Waals surface area contributed by atoms with Gasteiger partial charge in [-0.25, -0.2) is 13.1 Å². The first-order valence-electron chi connectivity index (χ1n) is 6.16. The molecule has 0 aliphatic rings. The molecule has 0 aromatic heterocycles. The van der Waals surface area contributed by atoms with Crippen LogP contribution in [0.1, 0.15) is 20.3 Å². The molecule has 0 bridgehead atoms. The molecule has 114 valence electrons. The molecular weight excluding hydrogens is 346 g/mol. The number of ether oxygens (including phenoxy) is 1. The van der Waals surface area contributed by atoms with E-state index in [0.29, 0.717) is 16.6 Å². The highest BCUT2D eigenvalue weighted by Crippen LogP contribution is 2.27. The van der Waals surface area contributed by atoms with Crippen molar-refractivity contribution in [2.24, 2.45) is 5.41 Å². The molecule has 0 spiro atoms. The summed E-state index contributed by atoms with van der Waals surface area (Å²) in [6.07, 6.45) is 0.530. The zero-order valence-electron chi connectivity index (χ0n) is 11.8. The Bertz CT molecular complexity index is 557. The summed E-state index contributed by atoms with van der Waals surface area (Å²) < 4.78 is 32.6. The van der Waals surface area contributed by atoms with Gasteiger partial charge in [-0.1, -0.05) is 13.8 Å². The average molecular weight is 366 g/mol. The Morgan fingerprint density at radius 1 is 1.40 bits per heavy atom. The van der Waals surface area contributed by atoms with Crippen LogP contribution in [0.4, 0.5) is 0 Å². The van der Waals surface area contributed by atoms with Crippen molar-refractivity contribution in [3.63, 3.8) is 0 Å². The number of aliphatic hydroxyl groups excluding tert-OH is 1. The van der Waals surface area contributed by atoms with E-state index >= 15 is 0 Å². The molecule has 0 saturated heterocycles. The summed E-state index contributed by atoms with van der Waals surface area (Å²) in [4.78, 5) is 0.171. The number of nitrogens with one attached hydrogen (secondary N) is 1. The third kappa shape index (κ3) is 4.73. The third-order valence-corrected chi connectivity index (χ3v) is 4.98. The molecule has 0 amide bonds. The molecule has 0 atom stereocenters. The van der Waals surface area contributed by atoms with Gasteiger partial charge in [-0.05, 0) is 46.0 Å². The van der Waals surface area contributed by atoms with Crippen molar-refractivity contribution >= 4 is 26.0 Å². The molecule has 5 nitrogen and oxygen atoms in total. The molecule has 0 heterocycles. The van der Waals surface area contributed by atoms with Crippen LogP contribution >= 0.6 is 15.9 Å². The maximum Gasteiger partial charge on any atom is 0.240 e. The maximum atomic E-state index is 12.2. The van der Waals surface area contributed by atoms with Gasteiger partial charge in [0.25, 0.3) is 0 Å². The standard InChI is InChI=1S/C13H20BrNO4S/c1-13(2,6-7-16)9-15-20(17,18)10-4-5-12(19-3)11(14)8-10/h4-5,8,15-16H,6-7,9H2,1-3H3. The van der Waals surface area contributed by atoms with Gasteiger partial charge in [0.15, 0.2) is 0 Å². The lowest BCUT2D eigenvalue weighted by Gasteiger charge is -2.23. The molecule has 0 radical (unpaired) electrons. The van der Waals surface area contributed by atoms with Gasteiger partial charge in [0.1, 0.15) is 5.75 Å². The lowest BCUT2D eigenvalue weighted by Crippen LogP contribution is -2.34. The second-order valence-electron chi connectivity index (χ2n) is 5.26. The Hall–Kier alpha value is -0.630. The maximum absolute atomic E-state index is 12.2. The summed E-state index contributed by atoms with van der Waals surface area (Å²) in [6.45, 7) is 4.09. The van der Waals surface area contributed by atoms with Gasteiger partial charge >= 0.3 is 0 Å². The Morgan fingerprint density at radius 3 is 2.55 bits per heavy atom. The summed E-state index contributed by atoms with van der Waals surface area (Å²) >= 11 is 3.26. The van der Waals surface area contributed by atoms with Crippen molar-refractivity contribution in [2.75, 3.05) is 20.3 Å². The summed E-state index contributed by atoms with van der Waals surface area (Å²) in [6, 6.07) is 4.59. The van der Waals surface area contributed by atoms with Crippen molar-refractivity contribution in [3.05, 3.63) is 22.7 Å². The summed E-state index contributed by atoms with van der Waals surface area (Å²) in [5.41, 5.74) is -0.300. The predicted molar refractivity (Wildman–Crippen MR) is 81.4 cm³/mol. The number of hydrogen-bond acceptors (Lipinski definition) is 4. The van der Waals surface area contributed by atoms with Crippen LogP contribution in [0, 0.1) is 5.41 Å². The van der Waals surface area contributed by atoms with E-state index in [2.05, 4.69) is 20.7 Å². The van der Waals surface area contributed by atoms with Crippen molar-refractivity contribution in [2.45, 2.75) is 25.2 Å². The molecule has 1 rings (SSSR count). The third-order valence-electron chi connectivity index (χ3n) is 2.96. The number of sulfonamides is 1. The SMILES string of the molecule is COc1ccc(S(=O)(=O)NCC(C)(C)CCO)cc1Br. The van der Waals surface area contributed by atoms with Crippen LogP contribution in [-0.4, -0.2) is 33.8 Å². The number of rotatable bonds is 7. The van der Waals surface area contributed by atoms with Gasteiger partial charge in [-0.2, -0.15) is 0 Å². The van der Waals surface area contributed by atoms with Gasteiger partial charge in [0.05, 0.1) is 16.5 Å². The number of aliphatic hydroxyl groups is 1.